The number of aliphatic hydroxyl groups is 1. The summed E-state index contributed by atoms with van der Waals surface area (Å²) < 4.78 is 78.6. The van der Waals surface area contributed by atoms with E-state index in [1.165, 1.54) is 12.1 Å². The summed E-state index contributed by atoms with van der Waals surface area (Å²) in [5, 5.41) is 9.35. The molecule has 134 valence electrons. The molecular weight excluding hydrogens is 462 g/mol. The zero-order chi connectivity index (χ0) is 18.9. The molecule has 0 spiro atoms. The van der Waals surface area contributed by atoms with Crippen molar-refractivity contribution in [2.24, 2.45) is 0 Å². The van der Waals surface area contributed by atoms with Gasteiger partial charge in [-0.05, 0) is 0 Å². The molecule has 0 unspecified atom stereocenters. The van der Waals surface area contributed by atoms with Gasteiger partial charge in [-0.25, -0.2) is 0 Å². The number of hydrogen-bond acceptors (Lipinski definition) is 1. The maximum absolute atomic E-state index is 12.8. The average molecular weight is 474 g/mol. The van der Waals surface area contributed by atoms with Gasteiger partial charge >= 0.3 is 150 Å². The second-order valence-corrected chi connectivity index (χ2v) is 8.38. The van der Waals surface area contributed by atoms with E-state index in [-0.39, 0.29) is 0 Å². The molecule has 0 aliphatic carbocycles. The van der Waals surface area contributed by atoms with Crippen molar-refractivity contribution in [1.29, 1.82) is 0 Å². The van der Waals surface area contributed by atoms with Crippen molar-refractivity contribution in [3.05, 3.63) is 66.2 Å². The SMILES string of the molecule is C=Cc1ccc([Te]c2ccc(C(O)(C(F)(F)F)C(F)(F)F)cc2)cc1. The van der Waals surface area contributed by atoms with Crippen LogP contribution in [0.3, 0.4) is 0 Å². The van der Waals surface area contributed by atoms with Gasteiger partial charge in [0.1, 0.15) is 0 Å². The van der Waals surface area contributed by atoms with Crippen molar-refractivity contribution in [1.82, 2.24) is 0 Å². The molecule has 0 atom stereocenters. The van der Waals surface area contributed by atoms with Gasteiger partial charge in [-0.15, -0.1) is 0 Å². The minimum atomic E-state index is -5.87. The van der Waals surface area contributed by atoms with Crippen LogP contribution in [0, 0.1) is 0 Å². The summed E-state index contributed by atoms with van der Waals surface area (Å²) in [5.74, 6) is 0. The van der Waals surface area contributed by atoms with Gasteiger partial charge in [-0.2, -0.15) is 0 Å². The Bertz CT molecular complexity index is 718. The second-order valence-electron chi connectivity index (χ2n) is 5.11. The summed E-state index contributed by atoms with van der Waals surface area (Å²) in [6.45, 7) is 3.62. The van der Waals surface area contributed by atoms with E-state index in [1.54, 1.807) is 6.08 Å². The molecule has 1 nitrogen and oxygen atoms in total. The van der Waals surface area contributed by atoms with E-state index in [0.29, 0.717) is 15.7 Å². The van der Waals surface area contributed by atoms with Gasteiger partial charge in [0.2, 0.25) is 0 Å². The van der Waals surface area contributed by atoms with Crippen LogP contribution in [0.4, 0.5) is 26.3 Å². The molecule has 2 rings (SSSR count). The van der Waals surface area contributed by atoms with E-state index >= 15 is 0 Å². The molecule has 0 aromatic heterocycles. The third-order valence-electron chi connectivity index (χ3n) is 3.44. The maximum atomic E-state index is 12.8. The van der Waals surface area contributed by atoms with Crippen molar-refractivity contribution in [2.75, 3.05) is 0 Å². The molecule has 2 aromatic rings. The predicted octanol–water partition coefficient (Wildman–Crippen LogP) is 3.30. The van der Waals surface area contributed by atoms with E-state index in [9.17, 15) is 31.4 Å². The van der Waals surface area contributed by atoms with Gasteiger partial charge < -0.3 is 0 Å². The molecule has 25 heavy (non-hydrogen) atoms. The predicted molar refractivity (Wildman–Crippen MR) is 84.0 cm³/mol. The summed E-state index contributed by atoms with van der Waals surface area (Å²) >= 11 is -0.975. The molecular formula is C17H12F6OTe. The van der Waals surface area contributed by atoms with E-state index in [1.807, 2.05) is 24.3 Å². The first kappa shape index (κ1) is 19.8. The summed E-state index contributed by atoms with van der Waals surface area (Å²) in [7, 11) is 0. The molecule has 2 aromatic carbocycles. The van der Waals surface area contributed by atoms with Gasteiger partial charge in [-0.3, -0.25) is 0 Å². The van der Waals surface area contributed by atoms with Gasteiger partial charge in [0.15, 0.2) is 0 Å². The van der Waals surface area contributed by atoms with E-state index in [2.05, 4.69) is 6.58 Å². The number of alkyl halides is 6. The molecule has 0 heterocycles. The third-order valence-corrected chi connectivity index (χ3v) is 6.34. The van der Waals surface area contributed by atoms with Crippen LogP contribution in [0.5, 0.6) is 0 Å². The Hall–Kier alpha value is -1.49. The Morgan fingerprint density at radius 2 is 1.16 bits per heavy atom. The van der Waals surface area contributed by atoms with Crippen LogP contribution in [-0.4, -0.2) is 38.4 Å². The van der Waals surface area contributed by atoms with Crippen LogP contribution in [-0.2, 0) is 5.60 Å². The number of halogens is 6. The summed E-state index contributed by atoms with van der Waals surface area (Å²) in [6.07, 6.45) is -10.1. The molecule has 0 aliphatic heterocycles. The van der Waals surface area contributed by atoms with Crippen LogP contribution >= 0.6 is 0 Å². The zero-order valence-electron chi connectivity index (χ0n) is 12.5. The molecule has 0 saturated heterocycles. The van der Waals surface area contributed by atoms with Crippen LogP contribution in [0.25, 0.3) is 6.08 Å². The normalized spacial score (nSPS) is 12.9. The number of rotatable bonds is 4. The second kappa shape index (κ2) is 7.02. The first-order valence-corrected chi connectivity index (χ1v) is 9.19. The fourth-order valence-electron chi connectivity index (χ4n) is 2.06. The summed E-state index contributed by atoms with van der Waals surface area (Å²) in [6, 6.07) is 11.1. The third kappa shape index (κ3) is 4.02. The Labute approximate surface area is 150 Å². The Balaban J connectivity index is 2.30. The Morgan fingerprint density at radius 1 is 0.760 bits per heavy atom. The van der Waals surface area contributed by atoms with Crippen LogP contribution in [0.15, 0.2) is 55.1 Å². The first-order valence-electron chi connectivity index (χ1n) is 6.86. The fraction of sp³-hybridized carbons (Fsp3) is 0.176. The minimum absolute atomic E-state index is 0.646. The van der Waals surface area contributed by atoms with Gasteiger partial charge in [0, 0.05) is 0 Å². The summed E-state index contributed by atoms with van der Waals surface area (Å²) in [4.78, 5) is 0. The van der Waals surface area contributed by atoms with Crippen LogP contribution in [0.1, 0.15) is 11.1 Å². The first-order chi connectivity index (χ1) is 11.5. The number of hydrogen-bond donors (Lipinski definition) is 1. The monoisotopic (exact) mass is 476 g/mol. The van der Waals surface area contributed by atoms with E-state index in [0.717, 1.165) is 9.17 Å². The van der Waals surface area contributed by atoms with Gasteiger partial charge in [0.05, 0.1) is 0 Å². The number of benzene rings is 2. The van der Waals surface area contributed by atoms with E-state index < -0.39 is 44.4 Å². The quantitative estimate of drug-likeness (QED) is 0.534. The van der Waals surface area contributed by atoms with Crippen molar-refractivity contribution in [3.8, 4) is 0 Å². The molecule has 0 saturated carbocycles. The van der Waals surface area contributed by atoms with Crippen molar-refractivity contribution in [2.45, 2.75) is 18.0 Å². The van der Waals surface area contributed by atoms with Crippen LogP contribution in [0.2, 0.25) is 0 Å². The molecule has 0 aliphatic rings. The van der Waals surface area contributed by atoms with Gasteiger partial charge in [0.25, 0.3) is 0 Å². The topological polar surface area (TPSA) is 20.2 Å². The fourth-order valence-corrected chi connectivity index (χ4v) is 4.39. The van der Waals surface area contributed by atoms with Crippen molar-refractivity contribution >= 4 is 34.2 Å². The standard InChI is InChI=1S/C17H12F6OTe/c1-2-11-3-7-13(8-4-11)25-14-9-5-12(6-10-14)15(24,16(18,19)20)17(21,22)23/h2-10,24H,1H2. The van der Waals surface area contributed by atoms with Gasteiger partial charge in [-0.1, -0.05) is 0 Å². The average Bonchev–Trinajstić information content (AvgIpc) is 2.53. The van der Waals surface area contributed by atoms with Crippen LogP contribution < -0.4 is 7.22 Å². The molecule has 0 amide bonds. The molecule has 0 radical (unpaired) electrons. The van der Waals surface area contributed by atoms with E-state index in [4.69, 9.17) is 0 Å². The Kier molecular flexibility index (Phi) is 5.57. The molecule has 1 N–H and O–H groups in total. The molecule has 0 fully saturated rings. The Morgan fingerprint density at radius 3 is 1.52 bits per heavy atom. The molecule has 0 bridgehead atoms. The van der Waals surface area contributed by atoms with Crippen molar-refractivity contribution in [3.63, 3.8) is 0 Å². The van der Waals surface area contributed by atoms with Crippen molar-refractivity contribution < 1.29 is 31.4 Å². The molecule has 8 heteroatoms. The zero-order valence-corrected chi connectivity index (χ0v) is 14.9. The summed E-state index contributed by atoms with van der Waals surface area (Å²) in [5.41, 5.74) is -5.22.